The van der Waals surface area contributed by atoms with Gasteiger partial charge in [-0.25, -0.2) is 0 Å². The van der Waals surface area contributed by atoms with Crippen LogP contribution in [0.25, 0.3) is 0 Å². The maximum Gasteiger partial charge on any atom is 0.320 e. The van der Waals surface area contributed by atoms with E-state index in [9.17, 15) is 4.79 Å². The summed E-state index contributed by atoms with van der Waals surface area (Å²) in [5.74, 6) is 1.75. The lowest BCUT2D eigenvalue weighted by Gasteiger charge is -2.15. The molecule has 0 saturated heterocycles. The Bertz CT molecular complexity index is 162. The van der Waals surface area contributed by atoms with E-state index in [0.29, 0.717) is 12.3 Å². The van der Waals surface area contributed by atoms with Crippen LogP contribution in [0.1, 0.15) is 27.2 Å². The molecule has 0 aliphatic rings. The van der Waals surface area contributed by atoms with Crippen molar-refractivity contribution in [3.63, 3.8) is 0 Å². The molecule has 0 aliphatic carbocycles. The number of carboxylic acid groups (broad SMARTS) is 1. The van der Waals surface area contributed by atoms with Crippen molar-refractivity contribution in [1.29, 1.82) is 0 Å². The van der Waals surface area contributed by atoms with Gasteiger partial charge in [0.05, 0.1) is 0 Å². The molecule has 0 aromatic rings. The Labute approximate surface area is 90.7 Å². The summed E-state index contributed by atoms with van der Waals surface area (Å²) in [4.78, 5) is 10.8. The zero-order chi connectivity index (χ0) is 11.0. The minimum atomic E-state index is -0.736. The van der Waals surface area contributed by atoms with Crippen molar-refractivity contribution < 1.29 is 9.90 Å². The van der Waals surface area contributed by atoms with Gasteiger partial charge < -0.3 is 10.4 Å². The van der Waals surface area contributed by atoms with Gasteiger partial charge in [0, 0.05) is 12.3 Å². The van der Waals surface area contributed by atoms with Gasteiger partial charge in [0.1, 0.15) is 6.04 Å². The maximum atomic E-state index is 10.8. The first-order valence-corrected chi connectivity index (χ1v) is 6.27. The summed E-state index contributed by atoms with van der Waals surface area (Å²) >= 11 is 1.83. The number of rotatable bonds is 8. The van der Waals surface area contributed by atoms with Crippen LogP contribution in [-0.4, -0.2) is 35.2 Å². The molecule has 0 fully saturated rings. The summed E-state index contributed by atoms with van der Waals surface area (Å²) in [6, 6.07) is -0.382. The molecule has 0 aromatic carbocycles. The first-order valence-electron chi connectivity index (χ1n) is 5.11. The Balaban J connectivity index is 3.68. The summed E-state index contributed by atoms with van der Waals surface area (Å²) in [5.41, 5.74) is 0. The summed E-state index contributed by atoms with van der Waals surface area (Å²) in [6.07, 6.45) is 0.701. The highest BCUT2D eigenvalue weighted by Crippen LogP contribution is 2.05. The summed E-state index contributed by atoms with van der Waals surface area (Å²) < 4.78 is 0. The quantitative estimate of drug-likeness (QED) is 0.611. The molecular weight excluding hydrogens is 198 g/mol. The molecule has 0 amide bonds. The molecule has 2 N–H and O–H groups in total. The van der Waals surface area contributed by atoms with E-state index in [1.807, 2.05) is 25.6 Å². The maximum absolute atomic E-state index is 10.8. The average Bonchev–Trinajstić information content (AvgIpc) is 2.09. The average molecular weight is 219 g/mol. The second kappa shape index (κ2) is 8.12. The molecule has 0 radical (unpaired) electrons. The minimum absolute atomic E-state index is 0.382. The van der Waals surface area contributed by atoms with Gasteiger partial charge in [-0.15, -0.1) is 0 Å². The highest BCUT2D eigenvalue weighted by molar-refractivity contribution is 7.99. The lowest BCUT2D eigenvalue weighted by atomic mass is 10.0. The summed E-state index contributed by atoms with van der Waals surface area (Å²) in [5, 5.41) is 12.0. The molecule has 84 valence electrons. The van der Waals surface area contributed by atoms with Crippen molar-refractivity contribution >= 4 is 17.7 Å². The fourth-order valence-corrected chi connectivity index (χ4v) is 1.74. The van der Waals surface area contributed by atoms with E-state index in [-0.39, 0.29) is 6.04 Å². The largest absolute Gasteiger partial charge is 0.480 e. The number of carbonyl (C=O) groups is 1. The number of hydrogen-bond acceptors (Lipinski definition) is 3. The van der Waals surface area contributed by atoms with E-state index in [0.717, 1.165) is 18.1 Å². The molecule has 4 heteroatoms. The third-order valence-electron chi connectivity index (χ3n) is 1.85. The van der Waals surface area contributed by atoms with Crippen LogP contribution in [-0.2, 0) is 4.79 Å². The zero-order valence-corrected chi connectivity index (χ0v) is 10.1. The zero-order valence-electron chi connectivity index (χ0n) is 9.25. The molecule has 3 nitrogen and oxygen atoms in total. The van der Waals surface area contributed by atoms with Gasteiger partial charge in [0.25, 0.3) is 0 Å². The van der Waals surface area contributed by atoms with Gasteiger partial charge in [-0.3, -0.25) is 4.79 Å². The Morgan fingerprint density at radius 3 is 2.57 bits per heavy atom. The van der Waals surface area contributed by atoms with E-state index in [2.05, 4.69) is 12.2 Å². The van der Waals surface area contributed by atoms with Gasteiger partial charge in [-0.2, -0.15) is 11.8 Å². The van der Waals surface area contributed by atoms with Crippen LogP contribution in [0, 0.1) is 5.92 Å². The van der Waals surface area contributed by atoms with Crippen molar-refractivity contribution in [1.82, 2.24) is 5.32 Å². The normalized spacial score (nSPS) is 13.1. The predicted molar refractivity (Wildman–Crippen MR) is 61.9 cm³/mol. The third kappa shape index (κ3) is 7.21. The van der Waals surface area contributed by atoms with E-state index < -0.39 is 5.97 Å². The third-order valence-corrected chi connectivity index (χ3v) is 2.75. The van der Waals surface area contributed by atoms with Crippen LogP contribution in [0.5, 0.6) is 0 Å². The first-order chi connectivity index (χ1) is 6.57. The summed E-state index contributed by atoms with van der Waals surface area (Å²) in [6.45, 7) is 6.96. The molecule has 0 aliphatic heterocycles. The number of thioether (sulfide) groups is 1. The molecule has 1 unspecified atom stereocenters. The second-order valence-corrected chi connectivity index (χ2v) is 5.07. The van der Waals surface area contributed by atoms with Crippen LogP contribution in [0.3, 0.4) is 0 Å². The number of nitrogens with one attached hydrogen (secondary N) is 1. The SMILES string of the molecule is CCSCCNC(CC(C)C)C(=O)O. The first kappa shape index (κ1) is 13.8. The van der Waals surface area contributed by atoms with Crippen LogP contribution < -0.4 is 5.32 Å². The summed E-state index contributed by atoms with van der Waals surface area (Å²) in [7, 11) is 0. The Hall–Kier alpha value is -0.220. The van der Waals surface area contributed by atoms with Crippen molar-refractivity contribution in [2.24, 2.45) is 5.92 Å². The Morgan fingerprint density at radius 2 is 2.14 bits per heavy atom. The number of carboxylic acids is 1. The smallest absolute Gasteiger partial charge is 0.320 e. The topological polar surface area (TPSA) is 49.3 Å². The monoisotopic (exact) mass is 219 g/mol. The highest BCUT2D eigenvalue weighted by atomic mass is 32.2. The molecule has 0 saturated carbocycles. The standard InChI is InChI=1S/C10H21NO2S/c1-4-14-6-5-11-9(10(12)13)7-8(2)3/h8-9,11H,4-7H2,1-3H3,(H,12,13). The van der Waals surface area contributed by atoms with Crippen LogP contribution >= 0.6 is 11.8 Å². The van der Waals surface area contributed by atoms with Crippen molar-refractivity contribution in [2.45, 2.75) is 33.2 Å². The molecule has 0 spiro atoms. The van der Waals surface area contributed by atoms with Crippen LogP contribution in [0.15, 0.2) is 0 Å². The predicted octanol–water partition coefficient (Wildman–Crippen LogP) is 1.83. The van der Waals surface area contributed by atoms with E-state index in [4.69, 9.17) is 5.11 Å². The molecular formula is C10H21NO2S. The van der Waals surface area contributed by atoms with Gasteiger partial charge in [0.15, 0.2) is 0 Å². The van der Waals surface area contributed by atoms with Crippen LogP contribution in [0.2, 0.25) is 0 Å². The lowest BCUT2D eigenvalue weighted by molar-refractivity contribution is -0.139. The van der Waals surface area contributed by atoms with Gasteiger partial charge in [-0.1, -0.05) is 20.8 Å². The number of hydrogen-bond donors (Lipinski definition) is 2. The molecule has 14 heavy (non-hydrogen) atoms. The fraction of sp³-hybridized carbons (Fsp3) is 0.900. The Kier molecular flexibility index (Phi) is 7.99. The van der Waals surface area contributed by atoms with Gasteiger partial charge >= 0.3 is 5.97 Å². The Morgan fingerprint density at radius 1 is 1.50 bits per heavy atom. The number of aliphatic carboxylic acids is 1. The fourth-order valence-electron chi connectivity index (χ4n) is 1.19. The molecule has 0 bridgehead atoms. The highest BCUT2D eigenvalue weighted by Gasteiger charge is 2.17. The van der Waals surface area contributed by atoms with Gasteiger partial charge in [0.2, 0.25) is 0 Å². The van der Waals surface area contributed by atoms with Crippen molar-refractivity contribution in [2.75, 3.05) is 18.1 Å². The van der Waals surface area contributed by atoms with Crippen LogP contribution in [0.4, 0.5) is 0 Å². The van der Waals surface area contributed by atoms with Crippen molar-refractivity contribution in [3.8, 4) is 0 Å². The van der Waals surface area contributed by atoms with Crippen molar-refractivity contribution in [3.05, 3.63) is 0 Å². The second-order valence-electron chi connectivity index (χ2n) is 3.67. The molecule has 0 heterocycles. The molecule has 0 rings (SSSR count). The van der Waals surface area contributed by atoms with E-state index in [1.54, 1.807) is 0 Å². The van der Waals surface area contributed by atoms with E-state index in [1.165, 1.54) is 0 Å². The minimum Gasteiger partial charge on any atom is -0.480 e. The molecule has 0 aromatic heterocycles. The molecule has 1 atom stereocenters. The van der Waals surface area contributed by atoms with Gasteiger partial charge in [-0.05, 0) is 18.1 Å². The lowest BCUT2D eigenvalue weighted by Crippen LogP contribution is -2.38. The van der Waals surface area contributed by atoms with E-state index >= 15 is 0 Å².